The van der Waals surface area contributed by atoms with Crippen LogP contribution in [0.25, 0.3) is 0 Å². The van der Waals surface area contributed by atoms with Gasteiger partial charge in [0.25, 0.3) is 0 Å². The topological polar surface area (TPSA) is 47.3 Å². The largest absolute Gasteiger partial charge is 0.377 e. The molecule has 3 aliphatic rings. The van der Waals surface area contributed by atoms with E-state index in [1.54, 1.807) is 0 Å². The van der Waals surface area contributed by atoms with Crippen LogP contribution in [-0.4, -0.2) is 30.0 Å². The van der Waals surface area contributed by atoms with Gasteiger partial charge in [0, 0.05) is 17.0 Å². The van der Waals surface area contributed by atoms with Crippen molar-refractivity contribution in [1.29, 1.82) is 0 Å². The first-order valence-corrected chi connectivity index (χ1v) is 8.62. The summed E-state index contributed by atoms with van der Waals surface area (Å²) in [6, 6.07) is 0.604. The van der Waals surface area contributed by atoms with Gasteiger partial charge in [0.15, 0.2) is 0 Å². The molecule has 0 spiro atoms. The Kier molecular flexibility index (Phi) is 3.06. The van der Waals surface area contributed by atoms with E-state index in [0.29, 0.717) is 17.4 Å². The molecule has 0 radical (unpaired) electrons. The van der Waals surface area contributed by atoms with E-state index < -0.39 is 0 Å². The molecule has 1 unspecified atom stereocenters. The molecule has 0 bridgehead atoms. The van der Waals surface area contributed by atoms with Crippen LogP contribution in [0, 0.1) is 11.3 Å². The zero-order valence-corrected chi connectivity index (χ0v) is 14.2. The van der Waals surface area contributed by atoms with Gasteiger partial charge >= 0.3 is 0 Å². The average Bonchev–Trinajstić information content (AvgIpc) is 2.84. The predicted molar refractivity (Wildman–Crippen MR) is 84.8 cm³/mol. The van der Waals surface area contributed by atoms with Crippen LogP contribution in [-0.2, 0) is 16.6 Å². The maximum absolute atomic E-state index is 5.62. The van der Waals surface area contributed by atoms with E-state index in [-0.39, 0.29) is 11.0 Å². The van der Waals surface area contributed by atoms with Crippen LogP contribution < -0.4 is 5.32 Å². The van der Waals surface area contributed by atoms with Gasteiger partial charge in [-0.05, 0) is 43.9 Å². The van der Waals surface area contributed by atoms with Crippen molar-refractivity contribution >= 4 is 0 Å². The Bertz CT molecular complexity index is 575. The highest BCUT2D eigenvalue weighted by atomic mass is 16.5. The van der Waals surface area contributed by atoms with Crippen LogP contribution in [0.2, 0.25) is 0 Å². The molecule has 4 heteroatoms. The summed E-state index contributed by atoms with van der Waals surface area (Å²) in [5.74, 6) is 1.80. The highest BCUT2D eigenvalue weighted by molar-refractivity contribution is 5.30. The van der Waals surface area contributed by atoms with Gasteiger partial charge in [0.05, 0.1) is 24.9 Å². The minimum absolute atomic E-state index is 0.0906. The van der Waals surface area contributed by atoms with Gasteiger partial charge in [-0.1, -0.05) is 25.9 Å². The van der Waals surface area contributed by atoms with Crippen LogP contribution in [0.3, 0.4) is 0 Å². The first-order valence-electron chi connectivity index (χ1n) is 8.62. The number of hydrogen-bond donors (Lipinski definition) is 1. The smallest absolute Gasteiger partial charge is 0.145 e. The van der Waals surface area contributed by atoms with E-state index >= 15 is 0 Å². The third-order valence-electron chi connectivity index (χ3n) is 6.45. The Morgan fingerprint density at radius 2 is 1.95 bits per heavy atom. The highest BCUT2D eigenvalue weighted by Crippen LogP contribution is 2.56. The predicted octanol–water partition coefficient (Wildman–Crippen LogP) is 3.06. The fourth-order valence-electron chi connectivity index (χ4n) is 5.57. The van der Waals surface area contributed by atoms with Gasteiger partial charge in [-0.3, -0.25) is 0 Å². The Labute approximate surface area is 133 Å². The quantitative estimate of drug-likeness (QED) is 0.912. The molecule has 4 rings (SSSR count). The SMILES string of the molecule is CC1(NC2CC[C@@H]3C(C)(C)c4oncc4C[C@@]3(C)C2)COC1. The molecule has 1 N–H and O–H groups in total. The van der Waals surface area contributed by atoms with E-state index in [2.05, 4.69) is 38.2 Å². The van der Waals surface area contributed by atoms with E-state index in [4.69, 9.17) is 9.26 Å². The Balaban J connectivity index is 1.58. The summed E-state index contributed by atoms with van der Waals surface area (Å²) in [6.07, 6.45) is 6.80. The summed E-state index contributed by atoms with van der Waals surface area (Å²) < 4.78 is 11.0. The van der Waals surface area contributed by atoms with E-state index in [1.165, 1.54) is 24.8 Å². The lowest BCUT2D eigenvalue weighted by Gasteiger charge is -2.55. The van der Waals surface area contributed by atoms with Crippen molar-refractivity contribution < 1.29 is 9.26 Å². The molecule has 0 amide bonds. The van der Waals surface area contributed by atoms with Crippen molar-refractivity contribution in [3.8, 4) is 0 Å². The standard InChI is InChI=1S/C18H28N2O2/c1-16(2)14-6-5-13(20-18(4)10-21-11-18)8-17(14,3)7-12-9-19-22-15(12)16/h9,13-14,20H,5-8,10-11H2,1-4H3/t13?,14-,17+/m1/s1. The van der Waals surface area contributed by atoms with Crippen LogP contribution in [0.1, 0.15) is 58.3 Å². The molecule has 2 fully saturated rings. The summed E-state index contributed by atoms with van der Waals surface area (Å²) in [5, 5.41) is 7.95. The Morgan fingerprint density at radius 3 is 2.64 bits per heavy atom. The number of aromatic nitrogens is 1. The van der Waals surface area contributed by atoms with Crippen molar-refractivity contribution in [2.75, 3.05) is 13.2 Å². The van der Waals surface area contributed by atoms with E-state index in [9.17, 15) is 0 Å². The van der Waals surface area contributed by atoms with E-state index in [0.717, 1.165) is 25.4 Å². The average molecular weight is 304 g/mol. The first kappa shape index (κ1) is 14.7. The zero-order chi connectivity index (χ0) is 15.6. The van der Waals surface area contributed by atoms with E-state index in [1.807, 2.05) is 6.20 Å². The maximum atomic E-state index is 5.62. The van der Waals surface area contributed by atoms with Crippen molar-refractivity contribution in [2.45, 2.75) is 70.4 Å². The van der Waals surface area contributed by atoms with Gasteiger partial charge in [-0.15, -0.1) is 0 Å². The zero-order valence-electron chi connectivity index (χ0n) is 14.2. The van der Waals surface area contributed by atoms with Crippen molar-refractivity contribution in [3.63, 3.8) is 0 Å². The molecular formula is C18H28N2O2. The highest BCUT2D eigenvalue weighted by Gasteiger charge is 2.54. The minimum Gasteiger partial charge on any atom is -0.377 e. The van der Waals surface area contributed by atoms with Crippen LogP contribution >= 0.6 is 0 Å². The second-order valence-electron chi connectivity index (χ2n) is 8.96. The third kappa shape index (κ3) is 2.07. The Morgan fingerprint density at radius 1 is 1.18 bits per heavy atom. The molecular weight excluding hydrogens is 276 g/mol. The molecule has 1 aromatic rings. The van der Waals surface area contributed by atoms with Crippen LogP contribution in [0.5, 0.6) is 0 Å². The number of nitrogens with zero attached hydrogens (tertiary/aromatic N) is 1. The number of ether oxygens (including phenoxy) is 1. The van der Waals surface area contributed by atoms with Crippen molar-refractivity contribution in [2.24, 2.45) is 11.3 Å². The maximum Gasteiger partial charge on any atom is 0.145 e. The molecule has 3 atom stereocenters. The third-order valence-corrected chi connectivity index (χ3v) is 6.45. The molecule has 22 heavy (non-hydrogen) atoms. The summed E-state index contributed by atoms with van der Waals surface area (Å²) >= 11 is 0. The van der Waals surface area contributed by atoms with Crippen molar-refractivity contribution in [3.05, 3.63) is 17.5 Å². The molecule has 2 heterocycles. The lowest BCUT2D eigenvalue weighted by molar-refractivity contribution is -0.0800. The molecule has 1 saturated carbocycles. The summed E-state index contributed by atoms with van der Waals surface area (Å²) in [6.45, 7) is 11.1. The fourth-order valence-corrected chi connectivity index (χ4v) is 5.57. The number of hydrogen-bond acceptors (Lipinski definition) is 4. The fraction of sp³-hybridized carbons (Fsp3) is 0.833. The summed E-state index contributed by atoms with van der Waals surface area (Å²) in [5.41, 5.74) is 1.94. The van der Waals surface area contributed by atoms with Gasteiger partial charge in [0.2, 0.25) is 0 Å². The summed E-state index contributed by atoms with van der Waals surface area (Å²) in [7, 11) is 0. The molecule has 2 aliphatic carbocycles. The normalized spacial score (nSPS) is 38.7. The lowest BCUT2D eigenvalue weighted by Crippen LogP contribution is -2.63. The molecule has 1 aromatic heterocycles. The van der Waals surface area contributed by atoms with Gasteiger partial charge < -0.3 is 14.6 Å². The number of rotatable bonds is 2. The summed E-state index contributed by atoms with van der Waals surface area (Å²) in [4.78, 5) is 0. The number of fused-ring (bicyclic) bond motifs is 2. The van der Waals surface area contributed by atoms with Crippen LogP contribution in [0.15, 0.2) is 10.7 Å². The number of nitrogens with one attached hydrogen (secondary N) is 1. The van der Waals surface area contributed by atoms with Gasteiger partial charge in [-0.2, -0.15) is 0 Å². The first-order chi connectivity index (χ1) is 10.3. The lowest BCUT2D eigenvalue weighted by atomic mass is 9.51. The van der Waals surface area contributed by atoms with Gasteiger partial charge in [-0.25, -0.2) is 0 Å². The molecule has 0 aromatic carbocycles. The molecule has 1 saturated heterocycles. The molecule has 1 aliphatic heterocycles. The van der Waals surface area contributed by atoms with Gasteiger partial charge in [0.1, 0.15) is 5.76 Å². The minimum atomic E-state index is 0.0906. The second kappa shape index (κ2) is 4.57. The molecule has 4 nitrogen and oxygen atoms in total. The molecule has 122 valence electrons. The Hall–Kier alpha value is -0.870. The van der Waals surface area contributed by atoms with Crippen molar-refractivity contribution in [1.82, 2.24) is 10.5 Å². The second-order valence-corrected chi connectivity index (χ2v) is 8.96. The van der Waals surface area contributed by atoms with Crippen LogP contribution in [0.4, 0.5) is 0 Å². The monoisotopic (exact) mass is 304 g/mol.